The number of carbonyl (C=O) groups is 2. The highest BCUT2D eigenvalue weighted by atomic mass is 32.1. The Labute approximate surface area is 196 Å². The van der Waals surface area contributed by atoms with Crippen molar-refractivity contribution >= 4 is 23.0 Å². The van der Waals surface area contributed by atoms with Crippen molar-refractivity contribution in [3.8, 4) is 11.5 Å². The number of ether oxygens (including phenoxy) is 1. The molecule has 0 saturated carbocycles. The number of aromatic nitrogens is 1. The molecule has 0 spiro atoms. The molecule has 1 fully saturated rings. The SMILES string of the molecule is O=C1CCCc2nc(CN3CCN(C(=O)C4c5ccccc5Oc5ccccc54)CC3)sc21. The van der Waals surface area contributed by atoms with Crippen molar-refractivity contribution in [2.75, 3.05) is 26.2 Å². The minimum atomic E-state index is -0.339. The van der Waals surface area contributed by atoms with Crippen LogP contribution in [0.25, 0.3) is 0 Å². The number of Topliss-reactive ketones (excluding diaryl/α,β-unsaturated/α-hetero) is 1. The maximum atomic E-state index is 13.7. The second kappa shape index (κ2) is 8.39. The minimum absolute atomic E-state index is 0.133. The third-order valence-corrected chi connectivity index (χ3v) is 7.91. The zero-order valence-corrected chi connectivity index (χ0v) is 19.1. The molecule has 0 bridgehead atoms. The van der Waals surface area contributed by atoms with Gasteiger partial charge in [-0.15, -0.1) is 11.3 Å². The van der Waals surface area contributed by atoms with E-state index in [2.05, 4.69) is 4.90 Å². The molecule has 1 aliphatic carbocycles. The molecule has 3 heterocycles. The second-order valence-electron chi connectivity index (χ2n) is 8.87. The van der Waals surface area contributed by atoms with Gasteiger partial charge in [-0.25, -0.2) is 4.98 Å². The van der Waals surface area contributed by atoms with Gasteiger partial charge in [-0.3, -0.25) is 14.5 Å². The monoisotopic (exact) mass is 459 g/mol. The zero-order valence-electron chi connectivity index (χ0n) is 18.3. The molecule has 3 aliphatic rings. The van der Waals surface area contributed by atoms with Crippen LogP contribution in [0.3, 0.4) is 0 Å². The number of rotatable bonds is 3. The molecule has 1 aromatic heterocycles. The molecule has 3 aromatic rings. The van der Waals surface area contributed by atoms with Gasteiger partial charge in [0, 0.05) is 43.7 Å². The van der Waals surface area contributed by atoms with Crippen LogP contribution in [0.1, 0.15) is 50.3 Å². The molecule has 0 N–H and O–H groups in total. The van der Waals surface area contributed by atoms with E-state index in [1.807, 2.05) is 53.4 Å². The lowest BCUT2D eigenvalue weighted by atomic mass is 9.86. The number of ketones is 1. The molecule has 1 amide bonds. The van der Waals surface area contributed by atoms with Gasteiger partial charge in [0.05, 0.1) is 23.0 Å². The summed E-state index contributed by atoms with van der Waals surface area (Å²) in [6.45, 7) is 3.72. The Morgan fingerprint density at radius 2 is 1.64 bits per heavy atom. The lowest BCUT2D eigenvalue weighted by Crippen LogP contribution is -2.49. The lowest BCUT2D eigenvalue weighted by Gasteiger charge is -2.37. The fourth-order valence-corrected chi connectivity index (χ4v) is 6.18. The van der Waals surface area contributed by atoms with Crippen molar-refractivity contribution in [2.45, 2.75) is 31.7 Å². The Balaban J connectivity index is 1.16. The molecule has 168 valence electrons. The van der Waals surface area contributed by atoms with E-state index < -0.39 is 0 Å². The van der Waals surface area contributed by atoms with Crippen LogP contribution in [0.2, 0.25) is 0 Å². The molecule has 0 atom stereocenters. The van der Waals surface area contributed by atoms with Crippen molar-refractivity contribution in [2.24, 2.45) is 0 Å². The molecular weight excluding hydrogens is 434 g/mol. The first-order valence-corrected chi connectivity index (χ1v) is 12.4. The van der Waals surface area contributed by atoms with Crippen molar-refractivity contribution in [3.63, 3.8) is 0 Å². The largest absolute Gasteiger partial charge is 0.457 e. The summed E-state index contributed by atoms with van der Waals surface area (Å²) in [5.74, 6) is 1.56. The maximum Gasteiger partial charge on any atom is 0.234 e. The number of aryl methyl sites for hydroxylation is 1. The van der Waals surface area contributed by atoms with Crippen LogP contribution in [0, 0.1) is 0 Å². The quantitative estimate of drug-likeness (QED) is 0.586. The Morgan fingerprint density at radius 1 is 0.970 bits per heavy atom. The molecule has 6 rings (SSSR count). The first-order chi connectivity index (χ1) is 16.2. The van der Waals surface area contributed by atoms with Gasteiger partial charge >= 0.3 is 0 Å². The highest BCUT2D eigenvalue weighted by Crippen LogP contribution is 2.44. The number of para-hydroxylation sites is 2. The first kappa shape index (κ1) is 20.6. The van der Waals surface area contributed by atoms with Crippen LogP contribution in [0.5, 0.6) is 11.5 Å². The molecule has 2 aliphatic heterocycles. The number of hydrogen-bond donors (Lipinski definition) is 0. The van der Waals surface area contributed by atoms with Crippen LogP contribution in [0.15, 0.2) is 48.5 Å². The fourth-order valence-electron chi connectivity index (χ4n) is 5.06. The van der Waals surface area contributed by atoms with Crippen LogP contribution in [-0.4, -0.2) is 52.7 Å². The molecule has 7 heteroatoms. The van der Waals surface area contributed by atoms with Gasteiger partial charge in [0.15, 0.2) is 5.78 Å². The molecule has 2 aromatic carbocycles. The van der Waals surface area contributed by atoms with Gasteiger partial charge in [-0.2, -0.15) is 0 Å². The predicted octanol–water partition coefficient (Wildman–Crippen LogP) is 4.24. The van der Waals surface area contributed by atoms with Gasteiger partial charge in [0.2, 0.25) is 5.91 Å². The summed E-state index contributed by atoms with van der Waals surface area (Å²) in [5.41, 5.74) is 2.85. The first-order valence-electron chi connectivity index (χ1n) is 11.6. The third kappa shape index (κ3) is 3.75. The van der Waals surface area contributed by atoms with Crippen LogP contribution in [-0.2, 0) is 17.8 Å². The number of carbonyl (C=O) groups excluding carboxylic acids is 2. The normalized spacial score (nSPS) is 18.3. The minimum Gasteiger partial charge on any atom is -0.457 e. The van der Waals surface area contributed by atoms with Crippen molar-refractivity contribution in [3.05, 3.63) is 75.2 Å². The molecule has 1 saturated heterocycles. The standard InChI is InChI=1S/C26H25N3O3S/c30-20-9-5-8-19-25(20)33-23(27-19)16-28-12-14-29(15-13-28)26(31)24-17-6-1-3-10-21(17)32-22-11-4-2-7-18(22)24/h1-4,6-7,10-11,24H,5,8-9,12-16H2. The molecular formula is C26H25N3O3S. The second-order valence-corrected chi connectivity index (χ2v) is 9.96. The number of hydrogen-bond acceptors (Lipinski definition) is 6. The highest BCUT2D eigenvalue weighted by molar-refractivity contribution is 7.13. The summed E-state index contributed by atoms with van der Waals surface area (Å²) in [5, 5.41) is 1.02. The Bertz CT molecular complexity index is 1180. The average molecular weight is 460 g/mol. The Morgan fingerprint density at radius 3 is 2.30 bits per heavy atom. The van der Waals surface area contributed by atoms with Crippen molar-refractivity contribution in [1.29, 1.82) is 0 Å². The summed E-state index contributed by atoms with van der Waals surface area (Å²) in [6.07, 6.45) is 2.47. The van der Waals surface area contributed by atoms with E-state index in [9.17, 15) is 9.59 Å². The highest BCUT2D eigenvalue weighted by Gasteiger charge is 2.36. The molecule has 0 unspecified atom stereocenters. The molecule has 33 heavy (non-hydrogen) atoms. The van der Waals surface area contributed by atoms with Crippen molar-refractivity contribution in [1.82, 2.24) is 14.8 Å². The van der Waals surface area contributed by atoms with Crippen LogP contribution >= 0.6 is 11.3 Å². The summed E-state index contributed by atoms with van der Waals surface area (Å²) < 4.78 is 6.06. The number of fused-ring (bicyclic) bond motifs is 3. The van der Waals surface area contributed by atoms with E-state index in [0.29, 0.717) is 19.5 Å². The fraction of sp³-hybridized carbons (Fsp3) is 0.346. The average Bonchev–Trinajstić information content (AvgIpc) is 3.26. The maximum absolute atomic E-state index is 13.7. The van der Waals surface area contributed by atoms with E-state index in [4.69, 9.17) is 9.72 Å². The van der Waals surface area contributed by atoms with Crippen LogP contribution < -0.4 is 4.74 Å². The summed E-state index contributed by atoms with van der Waals surface area (Å²) in [7, 11) is 0. The topological polar surface area (TPSA) is 62.7 Å². The van der Waals surface area contributed by atoms with Gasteiger partial charge in [0.25, 0.3) is 0 Å². The summed E-state index contributed by atoms with van der Waals surface area (Å²) in [6, 6.07) is 15.7. The number of nitrogens with zero attached hydrogens (tertiary/aromatic N) is 3. The van der Waals surface area contributed by atoms with Gasteiger partial charge in [-0.05, 0) is 25.0 Å². The smallest absolute Gasteiger partial charge is 0.234 e. The van der Waals surface area contributed by atoms with Crippen molar-refractivity contribution < 1.29 is 14.3 Å². The number of amides is 1. The van der Waals surface area contributed by atoms with E-state index >= 15 is 0 Å². The van der Waals surface area contributed by atoms with E-state index in [-0.39, 0.29) is 17.6 Å². The van der Waals surface area contributed by atoms with Gasteiger partial charge in [-0.1, -0.05) is 36.4 Å². The third-order valence-electron chi connectivity index (χ3n) is 6.78. The van der Waals surface area contributed by atoms with E-state index in [1.165, 1.54) is 0 Å². The number of thiazole rings is 1. The lowest BCUT2D eigenvalue weighted by molar-refractivity contribution is -0.133. The summed E-state index contributed by atoms with van der Waals surface area (Å²) in [4.78, 5) is 35.8. The Kier molecular flexibility index (Phi) is 5.23. The predicted molar refractivity (Wildman–Crippen MR) is 126 cm³/mol. The summed E-state index contributed by atoms with van der Waals surface area (Å²) >= 11 is 1.55. The van der Waals surface area contributed by atoms with Crippen LogP contribution in [0.4, 0.5) is 0 Å². The van der Waals surface area contributed by atoms with E-state index in [1.54, 1.807) is 11.3 Å². The van der Waals surface area contributed by atoms with Gasteiger partial charge < -0.3 is 9.64 Å². The number of piperazine rings is 1. The van der Waals surface area contributed by atoms with Gasteiger partial charge in [0.1, 0.15) is 16.5 Å². The Hall–Kier alpha value is -3.03. The molecule has 0 radical (unpaired) electrons. The van der Waals surface area contributed by atoms with E-state index in [0.717, 1.165) is 70.7 Å². The molecule has 6 nitrogen and oxygen atoms in total. The number of benzene rings is 2. The zero-order chi connectivity index (χ0) is 22.4.